The van der Waals surface area contributed by atoms with E-state index in [1.165, 1.54) is 12.1 Å². The van der Waals surface area contributed by atoms with Gasteiger partial charge in [0.2, 0.25) is 0 Å². The molecule has 1 saturated carbocycles. The van der Waals surface area contributed by atoms with Crippen LogP contribution < -0.4 is 10.1 Å². The SMILES string of the molecule is Cc1ccc(S(=O)(=O)O[C@H]2C[C@H](Oc3ccc(C[C@@H](C[C@H](NC(=O)OC(C)(C)C)C(=O)O)C(=O)O)cc3)C2)cc1. The lowest BCUT2D eigenvalue weighted by Crippen LogP contribution is -2.45. The Labute approximate surface area is 233 Å². The number of aliphatic carboxylic acids is 2. The summed E-state index contributed by atoms with van der Waals surface area (Å²) >= 11 is 0. The number of nitrogens with one attached hydrogen (secondary N) is 1. The molecule has 3 N–H and O–H groups in total. The van der Waals surface area contributed by atoms with Gasteiger partial charge in [0.05, 0.1) is 16.9 Å². The summed E-state index contributed by atoms with van der Waals surface area (Å²) in [4.78, 5) is 35.6. The summed E-state index contributed by atoms with van der Waals surface area (Å²) in [5, 5.41) is 21.4. The number of carbonyl (C=O) groups excluding carboxylic acids is 1. The van der Waals surface area contributed by atoms with E-state index in [2.05, 4.69) is 5.32 Å². The molecule has 2 atom stereocenters. The number of carboxylic acids is 2. The number of rotatable bonds is 12. The van der Waals surface area contributed by atoms with Crippen molar-refractivity contribution in [2.75, 3.05) is 0 Å². The van der Waals surface area contributed by atoms with Crippen LogP contribution in [0.2, 0.25) is 0 Å². The summed E-state index contributed by atoms with van der Waals surface area (Å²) < 4.78 is 41.1. The third kappa shape index (κ3) is 9.23. The Morgan fingerprint density at radius 3 is 2.08 bits per heavy atom. The van der Waals surface area contributed by atoms with Crippen molar-refractivity contribution in [3.63, 3.8) is 0 Å². The minimum Gasteiger partial charge on any atom is -0.490 e. The third-order valence-corrected chi connectivity index (χ3v) is 7.57. The van der Waals surface area contributed by atoms with E-state index in [4.69, 9.17) is 13.7 Å². The Hall–Kier alpha value is -3.64. The monoisotopic (exact) mass is 577 g/mol. The number of hydrogen-bond acceptors (Lipinski definition) is 8. The quantitative estimate of drug-likeness (QED) is 0.315. The Balaban J connectivity index is 1.51. The first kappa shape index (κ1) is 30.9. The summed E-state index contributed by atoms with van der Waals surface area (Å²) in [6, 6.07) is 11.7. The lowest BCUT2D eigenvalue weighted by molar-refractivity contribution is -0.144. The van der Waals surface area contributed by atoms with Crippen molar-refractivity contribution < 1.29 is 46.7 Å². The van der Waals surface area contributed by atoms with E-state index in [0.29, 0.717) is 24.2 Å². The molecule has 11 nitrogen and oxygen atoms in total. The Morgan fingerprint density at radius 2 is 1.55 bits per heavy atom. The molecule has 0 aromatic heterocycles. The first-order valence-electron chi connectivity index (χ1n) is 12.8. The molecular weight excluding hydrogens is 542 g/mol. The molecule has 3 rings (SSSR count). The van der Waals surface area contributed by atoms with Gasteiger partial charge in [-0.3, -0.25) is 8.98 Å². The van der Waals surface area contributed by atoms with E-state index in [-0.39, 0.29) is 23.8 Å². The number of hydrogen-bond donors (Lipinski definition) is 3. The fourth-order valence-electron chi connectivity index (χ4n) is 4.04. The fourth-order valence-corrected chi connectivity index (χ4v) is 5.14. The maximum absolute atomic E-state index is 12.4. The largest absolute Gasteiger partial charge is 0.490 e. The molecular formula is C28H35NO10S. The predicted molar refractivity (Wildman–Crippen MR) is 144 cm³/mol. The second kappa shape index (κ2) is 12.7. The van der Waals surface area contributed by atoms with Gasteiger partial charge in [-0.2, -0.15) is 8.42 Å². The van der Waals surface area contributed by atoms with Crippen molar-refractivity contribution >= 4 is 28.1 Å². The van der Waals surface area contributed by atoms with Gasteiger partial charge < -0.3 is 25.0 Å². The number of ether oxygens (including phenoxy) is 2. The number of alkyl carbamates (subject to hydrolysis) is 1. The second-order valence-corrected chi connectivity index (χ2v) is 12.4. The van der Waals surface area contributed by atoms with Crippen LogP contribution in [0.5, 0.6) is 5.75 Å². The van der Waals surface area contributed by atoms with E-state index < -0.39 is 51.8 Å². The van der Waals surface area contributed by atoms with Crippen LogP contribution in [0.3, 0.4) is 0 Å². The number of carbonyl (C=O) groups is 3. The van der Waals surface area contributed by atoms with Crippen molar-refractivity contribution in [1.29, 1.82) is 0 Å². The molecule has 0 aliphatic heterocycles. The zero-order chi connectivity index (χ0) is 29.7. The highest BCUT2D eigenvalue weighted by molar-refractivity contribution is 7.86. The highest BCUT2D eigenvalue weighted by Crippen LogP contribution is 2.31. The molecule has 0 saturated heterocycles. The average Bonchev–Trinajstić information content (AvgIpc) is 2.81. The smallest absolute Gasteiger partial charge is 0.408 e. The maximum Gasteiger partial charge on any atom is 0.408 e. The summed E-state index contributed by atoms with van der Waals surface area (Å²) in [5.41, 5.74) is 0.746. The van der Waals surface area contributed by atoms with Crippen LogP contribution in [-0.4, -0.2) is 60.5 Å². The highest BCUT2D eigenvalue weighted by Gasteiger charge is 2.36. The van der Waals surface area contributed by atoms with E-state index >= 15 is 0 Å². The number of carboxylic acid groups (broad SMARTS) is 2. The number of amides is 1. The molecule has 2 aromatic rings. The van der Waals surface area contributed by atoms with Gasteiger partial charge in [0.15, 0.2) is 0 Å². The van der Waals surface area contributed by atoms with E-state index in [1.54, 1.807) is 57.2 Å². The van der Waals surface area contributed by atoms with Crippen molar-refractivity contribution in [3.05, 3.63) is 59.7 Å². The molecule has 1 aliphatic rings. The van der Waals surface area contributed by atoms with Crippen LogP contribution in [0.4, 0.5) is 4.79 Å². The molecule has 40 heavy (non-hydrogen) atoms. The van der Waals surface area contributed by atoms with Crippen molar-refractivity contribution in [1.82, 2.24) is 5.32 Å². The summed E-state index contributed by atoms with van der Waals surface area (Å²) in [7, 11) is -3.86. The molecule has 1 amide bonds. The summed E-state index contributed by atoms with van der Waals surface area (Å²) in [6.07, 6.45) is -1.16. The Morgan fingerprint density at radius 1 is 0.950 bits per heavy atom. The molecule has 0 unspecified atom stereocenters. The van der Waals surface area contributed by atoms with E-state index in [0.717, 1.165) is 5.56 Å². The average molecular weight is 578 g/mol. The van der Waals surface area contributed by atoms with Crippen LogP contribution in [0.1, 0.15) is 51.2 Å². The molecule has 12 heteroatoms. The van der Waals surface area contributed by atoms with Gasteiger partial charge in [-0.1, -0.05) is 29.8 Å². The van der Waals surface area contributed by atoms with Crippen LogP contribution in [0, 0.1) is 12.8 Å². The first-order valence-corrected chi connectivity index (χ1v) is 14.2. The fraction of sp³-hybridized carbons (Fsp3) is 0.464. The standard InChI is InChI=1S/C28H35NO10S/c1-17-5-11-23(12-6-17)40(35,36)39-22-15-21(16-22)37-20-9-7-18(8-10-20)13-19(25(30)31)14-24(26(32)33)29-27(34)38-28(2,3)4/h5-12,19,21-22,24H,13-16H2,1-4H3,(H,29,34)(H,30,31)(H,32,33)/t19-,21-,22-,24-/m0/s1. The molecule has 0 spiro atoms. The van der Waals surface area contributed by atoms with Crippen molar-refractivity contribution in [2.45, 2.75) is 82.1 Å². The number of aryl methyl sites for hydroxylation is 1. The minimum absolute atomic E-state index is 0.0333. The van der Waals surface area contributed by atoms with Gasteiger partial charge in [0, 0.05) is 12.8 Å². The van der Waals surface area contributed by atoms with Gasteiger partial charge in [-0.25, -0.2) is 9.59 Å². The molecule has 0 radical (unpaired) electrons. The van der Waals surface area contributed by atoms with Gasteiger partial charge in [-0.15, -0.1) is 0 Å². The lowest BCUT2D eigenvalue weighted by atomic mass is 9.92. The summed E-state index contributed by atoms with van der Waals surface area (Å²) in [6.45, 7) is 6.75. The van der Waals surface area contributed by atoms with Crippen LogP contribution >= 0.6 is 0 Å². The zero-order valence-electron chi connectivity index (χ0n) is 22.8. The van der Waals surface area contributed by atoms with Crippen molar-refractivity contribution in [3.8, 4) is 5.75 Å². The predicted octanol–water partition coefficient (Wildman–Crippen LogP) is 3.92. The molecule has 1 fully saturated rings. The van der Waals surface area contributed by atoms with Gasteiger partial charge >= 0.3 is 18.0 Å². The van der Waals surface area contributed by atoms with Crippen LogP contribution in [0.25, 0.3) is 0 Å². The minimum atomic E-state index is -3.86. The summed E-state index contributed by atoms with van der Waals surface area (Å²) in [5.74, 6) is -3.12. The molecule has 1 aliphatic carbocycles. The van der Waals surface area contributed by atoms with Gasteiger partial charge in [0.1, 0.15) is 23.5 Å². The van der Waals surface area contributed by atoms with Crippen molar-refractivity contribution in [2.24, 2.45) is 5.92 Å². The number of benzene rings is 2. The zero-order valence-corrected chi connectivity index (χ0v) is 23.6. The van der Waals surface area contributed by atoms with E-state index in [9.17, 15) is 33.0 Å². The van der Waals surface area contributed by atoms with Gasteiger partial charge in [-0.05, 0) is 70.4 Å². The maximum atomic E-state index is 12.4. The Bertz CT molecular complexity index is 1290. The first-order chi connectivity index (χ1) is 18.6. The van der Waals surface area contributed by atoms with Crippen LogP contribution in [0.15, 0.2) is 53.4 Å². The molecule has 2 aromatic carbocycles. The van der Waals surface area contributed by atoms with Crippen LogP contribution in [-0.2, 0) is 35.0 Å². The highest BCUT2D eigenvalue weighted by atomic mass is 32.2. The molecule has 218 valence electrons. The van der Waals surface area contributed by atoms with Gasteiger partial charge in [0.25, 0.3) is 10.1 Å². The third-order valence-electron chi connectivity index (χ3n) is 6.19. The van der Waals surface area contributed by atoms with E-state index in [1.807, 2.05) is 6.92 Å². The second-order valence-electron chi connectivity index (χ2n) is 10.9. The topological polar surface area (TPSA) is 166 Å². The molecule has 0 heterocycles. The lowest BCUT2D eigenvalue weighted by Gasteiger charge is -2.34. The Kier molecular flexibility index (Phi) is 9.80. The normalized spacial score (nSPS) is 18.6. The molecule has 0 bridgehead atoms.